The van der Waals surface area contributed by atoms with Gasteiger partial charge in [-0.1, -0.05) is 0 Å². The molecule has 20 heavy (non-hydrogen) atoms. The average molecular weight is 299 g/mol. The second kappa shape index (κ2) is 7.68. The van der Waals surface area contributed by atoms with Crippen LogP contribution in [0.15, 0.2) is 5.38 Å². The van der Waals surface area contributed by atoms with E-state index in [0.29, 0.717) is 6.54 Å². The van der Waals surface area contributed by atoms with E-state index in [0.717, 1.165) is 43.5 Å². The van der Waals surface area contributed by atoms with Crippen molar-refractivity contribution in [3.63, 3.8) is 0 Å². The van der Waals surface area contributed by atoms with Gasteiger partial charge in [-0.3, -0.25) is 9.69 Å². The van der Waals surface area contributed by atoms with Gasteiger partial charge in [0.25, 0.3) is 0 Å². The molecule has 0 aliphatic carbocycles. The summed E-state index contributed by atoms with van der Waals surface area (Å²) >= 11 is 1.65. The van der Waals surface area contributed by atoms with Gasteiger partial charge in [-0.2, -0.15) is 0 Å². The summed E-state index contributed by atoms with van der Waals surface area (Å²) in [7, 11) is 3.29. The highest BCUT2D eigenvalue weighted by Crippen LogP contribution is 2.14. The number of hydrogen-bond donors (Lipinski definition) is 0. The Morgan fingerprint density at radius 1 is 1.55 bits per heavy atom. The molecule has 1 amide bonds. The highest BCUT2D eigenvalue weighted by Gasteiger charge is 2.14. The van der Waals surface area contributed by atoms with Crippen LogP contribution in [-0.2, 0) is 27.4 Å². The number of methoxy groups -OCH3 is 1. The van der Waals surface area contributed by atoms with Gasteiger partial charge < -0.3 is 14.4 Å². The van der Waals surface area contributed by atoms with Crippen LogP contribution >= 0.6 is 11.3 Å². The summed E-state index contributed by atoms with van der Waals surface area (Å²) in [5.41, 5.74) is 0.935. The summed E-state index contributed by atoms with van der Waals surface area (Å²) in [6.45, 7) is 5.02. The van der Waals surface area contributed by atoms with Gasteiger partial charge in [0, 0.05) is 32.6 Å². The van der Waals surface area contributed by atoms with E-state index < -0.39 is 0 Å². The lowest BCUT2D eigenvalue weighted by Crippen LogP contribution is -2.35. The fraction of sp³-hybridized carbons (Fsp3) is 0.692. The smallest absolute Gasteiger partial charge is 0.248 e. The molecule has 0 unspecified atom stereocenters. The molecule has 0 saturated carbocycles. The van der Waals surface area contributed by atoms with Crippen LogP contribution in [-0.4, -0.2) is 67.8 Å². The van der Waals surface area contributed by atoms with Crippen molar-refractivity contribution >= 4 is 17.2 Å². The monoisotopic (exact) mass is 299 g/mol. The number of nitrogens with zero attached hydrogens (tertiary/aromatic N) is 3. The topological polar surface area (TPSA) is 54.9 Å². The standard InChI is InChI=1S/C13H21N3O3S/c1-15(13(17)9-18-2)7-11-10-20-12(14-11)8-16-3-5-19-6-4-16/h10H,3-9H2,1-2H3. The molecule has 112 valence electrons. The molecule has 1 aliphatic heterocycles. The summed E-state index contributed by atoms with van der Waals surface area (Å²) in [4.78, 5) is 20.2. The van der Waals surface area contributed by atoms with Crippen LogP contribution in [0.4, 0.5) is 0 Å². The third-order valence-corrected chi connectivity index (χ3v) is 4.04. The van der Waals surface area contributed by atoms with Crippen LogP contribution in [0, 0.1) is 0 Å². The maximum absolute atomic E-state index is 11.6. The van der Waals surface area contributed by atoms with Crippen LogP contribution < -0.4 is 0 Å². The molecule has 1 saturated heterocycles. The first-order chi connectivity index (χ1) is 9.69. The molecule has 0 bridgehead atoms. The SMILES string of the molecule is COCC(=O)N(C)Cc1csc(CN2CCOCC2)n1. The van der Waals surface area contributed by atoms with Crippen LogP contribution in [0.1, 0.15) is 10.7 Å². The number of carbonyl (C=O) groups is 1. The van der Waals surface area contributed by atoms with E-state index >= 15 is 0 Å². The molecule has 2 heterocycles. The molecule has 0 N–H and O–H groups in total. The molecule has 1 aromatic heterocycles. The highest BCUT2D eigenvalue weighted by atomic mass is 32.1. The number of likely N-dealkylation sites (N-methyl/N-ethyl adjacent to an activating group) is 1. The van der Waals surface area contributed by atoms with E-state index in [1.165, 1.54) is 7.11 Å². The Kier molecular flexibility index (Phi) is 5.90. The Morgan fingerprint density at radius 2 is 2.30 bits per heavy atom. The number of morpholine rings is 1. The van der Waals surface area contributed by atoms with Gasteiger partial charge >= 0.3 is 0 Å². The second-order valence-electron chi connectivity index (χ2n) is 4.80. The van der Waals surface area contributed by atoms with Crippen molar-refractivity contribution in [2.24, 2.45) is 0 Å². The average Bonchev–Trinajstić information content (AvgIpc) is 2.87. The molecular formula is C13H21N3O3S. The van der Waals surface area contributed by atoms with E-state index in [2.05, 4.69) is 9.88 Å². The van der Waals surface area contributed by atoms with Gasteiger partial charge in [0.05, 0.1) is 32.0 Å². The van der Waals surface area contributed by atoms with Crippen LogP contribution in [0.3, 0.4) is 0 Å². The molecule has 1 aliphatic rings. The quantitative estimate of drug-likeness (QED) is 0.769. The zero-order chi connectivity index (χ0) is 14.4. The van der Waals surface area contributed by atoms with E-state index in [1.54, 1.807) is 23.3 Å². The Morgan fingerprint density at radius 3 is 3.00 bits per heavy atom. The Bertz CT molecular complexity index is 432. The molecule has 0 spiro atoms. The molecule has 6 nitrogen and oxygen atoms in total. The van der Waals surface area contributed by atoms with Gasteiger partial charge in [0.2, 0.25) is 5.91 Å². The number of aromatic nitrogens is 1. The highest BCUT2D eigenvalue weighted by molar-refractivity contribution is 7.09. The fourth-order valence-electron chi connectivity index (χ4n) is 2.01. The predicted octanol–water partition coefficient (Wildman–Crippen LogP) is 0.580. The van der Waals surface area contributed by atoms with Crippen molar-refractivity contribution in [3.05, 3.63) is 16.1 Å². The number of hydrogen-bond acceptors (Lipinski definition) is 6. The number of carbonyl (C=O) groups excluding carboxylic acids is 1. The minimum atomic E-state index is -0.0322. The van der Waals surface area contributed by atoms with Crippen molar-refractivity contribution in [3.8, 4) is 0 Å². The van der Waals surface area contributed by atoms with Crippen molar-refractivity contribution in [2.75, 3.05) is 47.1 Å². The van der Waals surface area contributed by atoms with E-state index in [1.807, 2.05) is 5.38 Å². The minimum absolute atomic E-state index is 0.0322. The summed E-state index contributed by atoms with van der Waals surface area (Å²) in [5, 5.41) is 3.11. The third-order valence-electron chi connectivity index (χ3n) is 3.15. The molecule has 1 aromatic rings. The summed E-state index contributed by atoms with van der Waals surface area (Å²) in [6, 6.07) is 0. The van der Waals surface area contributed by atoms with E-state index in [4.69, 9.17) is 9.47 Å². The molecule has 1 fully saturated rings. The summed E-state index contributed by atoms with van der Waals surface area (Å²) in [6.07, 6.45) is 0. The zero-order valence-corrected chi connectivity index (χ0v) is 12.8. The van der Waals surface area contributed by atoms with Gasteiger partial charge in [-0.25, -0.2) is 4.98 Å². The lowest BCUT2D eigenvalue weighted by molar-refractivity contribution is -0.134. The molecule has 0 radical (unpaired) electrons. The fourth-order valence-corrected chi connectivity index (χ4v) is 2.84. The minimum Gasteiger partial charge on any atom is -0.379 e. The number of rotatable bonds is 6. The number of amides is 1. The predicted molar refractivity (Wildman–Crippen MR) is 76.6 cm³/mol. The van der Waals surface area contributed by atoms with Crippen molar-refractivity contribution in [2.45, 2.75) is 13.1 Å². The van der Waals surface area contributed by atoms with Crippen LogP contribution in [0.5, 0.6) is 0 Å². The van der Waals surface area contributed by atoms with Gasteiger partial charge in [-0.05, 0) is 0 Å². The van der Waals surface area contributed by atoms with E-state index in [-0.39, 0.29) is 12.5 Å². The van der Waals surface area contributed by atoms with E-state index in [9.17, 15) is 4.79 Å². The molecule has 0 atom stereocenters. The van der Waals surface area contributed by atoms with Crippen molar-refractivity contribution in [1.82, 2.24) is 14.8 Å². The zero-order valence-electron chi connectivity index (χ0n) is 12.0. The lowest BCUT2D eigenvalue weighted by Gasteiger charge is -2.25. The molecule has 0 aromatic carbocycles. The first kappa shape index (κ1) is 15.4. The largest absolute Gasteiger partial charge is 0.379 e. The van der Waals surface area contributed by atoms with Crippen LogP contribution in [0.25, 0.3) is 0 Å². The first-order valence-corrected chi connectivity index (χ1v) is 7.53. The molecular weight excluding hydrogens is 278 g/mol. The Labute approximate surface area is 123 Å². The summed E-state index contributed by atoms with van der Waals surface area (Å²) in [5.74, 6) is -0.0322. The molecule has 2 rings (SSSR count). The Hall–Kier alpha value is -1.02. The molecule has 7 heteroatoms. The number of thiazole rings is 1. The maximum Gasteiger partial charge on any atom is 0.248 e. The second-order valence-corrected chi connectivity index (χ2v) is 5.75. The summed E-state index contributed by atoms with van der Waals surface area (Å²) < 4.78 is 10.2. The van der Waals surface area contributed by atoms with Crippen molar-refractivity contribution < 1.29 is 14.3 Å². The van der Waals surface area contributed by atoms with Gasteiger partial charge in [-0.15, -0.1) is 11.3 Å². The Balaban J connectivity index is 1.83. The first-order valence-electron chi connectivity index (χ1n) is 6.65. The van der Waals surface area contributed by atoms with Gasteiger partial charge in [0.1, 0.15) is 11.6 Å². The lowest BCUT2D eigenvalue weighted by atomic mass is 10.4. The van der Waals surface area contributed by atoms with Gasteiger partial charge in [0.15, 0.2) is 0 Å². The van der Waals surface area contributed by atoms with Crippen LogP contribution in [0.2, 0.25) is 0 Å². The normalized spacial score (nSPS) is 16.3. The van der Waals surface area contributed by atoms with Crippen molar-refractivity contribution in [1.29, 1.82) is 0 Å². The maximum atomic E-state index is 11.6. The number of ether oxygens (including phenoxy) is 2. The third kappa shape index (κ3) is 4.52.